The molecule has 0 saturated heterocycles. The summed E-state index contributed by atoms with van der Waals surface area (Å²) < 4.78 is 6.16. The minimum Gasteiger partial charge on any atom is -0.468 e. The number of dihydropyridines is 1. The van der Waals surface area contributed by atoms with Gasteiger partial charge in [-0.2, -0.15) is 0 Å². The van der Waals surface area contributed by atoms with Crippen LogP contribution in [0.25, 0.3) is 16.8 Å². The number of hydrogen-bond acceptors (Lipinski definition) is 3. The van der Waals surface area contributed by atoms with E-state index in [1.165, 1.54) is 16.7 Å². The zero-order valence-corrected chi connectivity index (χ0v) is 17.7. The van der Waals surface area contributed by atoms with E-state index in [4.69, 9.17) is 4.74 Å². The van der Waals surface area contributed by atoms with Gasteiger partial charge in [0.05, 0.1) is 23.1 Å². The van der Waals surface area contributed by atoms with Crippen molar-refractivity contribution in [2.45, 2.75) is 18.7 Å². The number of fused-ring (bicyclic) bond motifs is 1. The average Bonchev–Trinajstić information content (AvgIpc) is 3.55. The third kappa shape index (κ3) is 3.54. The number of benzene rings is 2. The van der Waals surface area contributed by atoms with E-state index in [0.29, 0.717) is 5.92 Å². The minimum atomic E-state index is -0.00471. The Kier molecular flexibility index (Phi) is 4.69. The van der Waals surface area contributed by atoms with E-state index in [0.717, 1.165) is 29.2 Å². The van der Waals surface area contributed by atoms with Crippen LogP contribution in [-0.2, 0) is 0 Å². The van der Waals surface area contributed by atoms with Crippen molar-refractivity contribution >= 4 is 11.4 Å². The van der Waals surface area contributed by atoms with Gasteiger partial charge < -0.3 is 20.4 Å². The quantitative estimate of drug-likeness (QED) is 0.473. The first-order chi connectivity index (χ1) is 15.8. The van der Waals surface area contributed by atoms with Crippen LogP contribution in [0.5, 0.6) is 5.75 Å². The lowest BCUT2D eigenvalue weighted by molar-refractivity contribution is 0.204. The largest absolute Gasteiger partial charge is 0.468 e. The molecule has 0 spiro atoms. The summed E-state index contributed by atoms with van der Waals surface area (Å²) in [6.07, 6.45) is 17.9. The second-order valence-electron chi connectivity index (χ2n) is 8.40. The number of ether oxygens (including phenoxy) is 1. The lowest BCUT2D eigenvalue weighted by Crippen LogP contribution is -2.29. The van der Waals surface area contributed by atoms with E-state index >= 15 is 0 Å². The van der Waals surface area contributed by atoms with Crippen molar-refractivity contribution in [3.63, 3.8) is 0 Å². The molecule has 4 nitrogen and oxygen atoms in total. The van der Waals surface area contributed by atoms with E-state index < -0.39 is 0 Å². The highest BCUT2D eigenvalue weighted by Crippen LogP contribution is 2.38. The van der Waals surface area contributed by atoms with Crippen LogP contribution in [-0.4, -0.2) is 11.2 Å². The van der Waals surface area contributed by atoms with Crippen molar-refractivity contribution in [1.29, 1.82) is 0 Å². The summed E-state index contributed by atoms with van der Waals surface area (Å²) in [6, 6.07) is 19.5. The molecular weight excluding hydrogens is 394 g/mol. The highest BCUT2D eigenvalue weighted by molar-refractivity contribution is 5.74. The zero-order valence-electron chi connectivity index (χ0n) is 17.7. The van der Waals surface area contributed by atoms with Crippen molar-refractivity contribution in [3.05, 3.63) is 115 Å². The topological polar surface area (TPSA) is 49.1 Å². The molecule has 158 valence electrons. The molecule has 3 N–H and O–H groups in total. The van der Waals surface area contributed by atoms with Crippen molar-refractivity contribution < 1.29 is 4.74 Å². The molecule has 3 aromatic rings. The third-order valence-electron chi connectivity index (χ3n) is 6.30. The first-order valence-electron chi connectivity index (χ1n) is 11.1. The zero-order chi connectivity index (χ0) is 21.3. The number of allylic oxidation sites excluding steroid dienone is 5. The SMILES string of the molecule is C1=CCC(C2Nc3cc(-c4ccc(C5C=CC=C(c6ccc[nH]6)N5)cc4)ccc3O2)C=C1. The molecule has 0 radical (unpaired) electrons. The highest BCUT2D eigenvalue weighted by atomic mass is 16.5. The predicted molar refractivity (Wildman–Crippen MR) is 130 cm³/mol. The molecule has 2 aliphatic heterocycles. The Morgan fingerprint density at radius 2 is 1.75 bits per heavy atom. The van der Waals surface area contributed by atoms with Gasteiger partial charge in [-0.25, -0.2) is 0 Å². The van der Waals surface area contributed by atoms with Gasteiger partial charge in [-0.15, -0.1) is 0 Å². The van der Waals surface area contributed by atoms with Crippen molar-refractivity contribution in [2.24, 2.45) is 5.92 Å². The smallest absolute Gasteiger partial charge is 0.176 e. The molecule has 3 heterocycles. The second-order valence-corrected chi connectivity index (χ2v) is 8.40. The molecule has 1 aliphatic carbocycles. The fourth-order valence-electron chi connectivity index (χ4n) is 4.53. The molecule has 0 fully saturated rings. The third-order valence-corrected chi connectivity index (χ3v) is 6.30. The summed E-state index contributed by atoms with van der Waals surface area (Å²) in [7, 11) is 0. The van der Waals surface area contributed by atoms with E-state index in [1.54, 1.807) is 0 Å². The van der Waals surface area contributed by atoms with Gasteiger partial charge in [-0.05, 0) is 53.5 Å². The summed E-state index contributed by atoms with van der Waals surface area (Å²) in [6.45, 7) is 0. The molecule has 2 aromatic carbocycles. The van der Waals surface area contributed by atoms with Gasteiger partial charge in [0, 0.05) is 12.1 Å². The van der Waals surface area contributed by atoms with Crippen LogP contribution in [0.2, 0.25) is 0 Å². The van der Waals surface area contributed by atoms with Gasteiger partial charge in [0.25, 0.3) is 0 Å². The summed E-state index contributed by atoms with van der Waals surface area (Å²) in [4.78, 5) is 3.27. The maximum atomic E-state index is 6.16. The lowest BCUT2D eigenvalue weighted by Gasteiger charge is -2.22. The Labute approximate surface area is 188 Å². The maximum absolute atomic E-state index is 6.16. The predicted octanol–water partition coefficient (Wildman–Crippen LogP) is 6.19. The van der Waals surface area contributed by atoms with Gasteiger partial charge >= 0.3 is 0 Å². The molecule has 32 heavy (non-hydrogen) atoms. The average molecular weight is 420 g/mol. The van der Waals surface area contributed by atoms with Crippen LogP contribution >= 0.6 is 0 Å². The van der Waals surface area contributed by atoms with Gasteiger partial charge in [0.2, 0.25) is 0 Å². The molecule has 4 heteroatoms. The number of H-pyrrole nitrogens is 1. The molecule has 0 saturated carbocycles. The summed E-state index contributed by atoms with van der Waals surface area (Å²) in [5, 5.41) is 7.17. The Morgan fingerprint density at radius 1 is 0.844 bits per heavy atom. The molecule has 0 amide bonds. The molecule has 6 rings (SSSR count). The monoisotopic (exact) mass is 419 g/mol. The van der Waals surface area contributed by atoms with Crippen LogP contribution < -0.4 is 15.4 Å². The number of hydrogen-bond donors (Lipinski definition) is 3. The van der Waals surface area contributed by atoms with Crippen LogP contribution in [0, 0.1) is 5.92 Å². The van der Waals surface area contributed by atoms with Crippen LogP contribution in [0.3, 0.4) is 0 Å². The van der Waals surface area contributed by atoms with E-state index in [9.17, 15) is 0 Å². The van der Waals surface area contributed by atoms with Gasteiger partial charge in [0.15, 0.2) is 6.23 Å². The number of aromatic nitrogens is 1. The van der Waals surface area contributed by atoms with E-state index in [2.05, 4.69) is 107 Å². The van der Waals surface area contributed by atoms with Gasteiger partial charge in [0.1, 0.15) is 5.75 Å². The molecule has 1 aromatic heterocycles. The Hall–Kier alpha value is -3.92. The maximum Gasteiger partial charge on any atom is 0.176 e. The van der Waals surface area contributed by atoms with Crippen molar-refractivity contribution in [3.8, 4) is 16.9 Å². The standard InChI is InChI=1S/C28H25N3O/c1-2-6-21(7-3-1)28-31-26-18-22(15-16-27(26)32-28)19-11-13-20(14-12-19)23-8-4-9-25(30-23)24-10-5-17-29-24/h1-6,8-18,21,23,28-31H,7H2. The molecular formula is C28H25N3O. The molecule has 3 aliphatic rings. The Balaban J connectivity index is 1.17. The summed E-state index contributed by atoms with van der Waals surface area (Å²) in [5.74, 6) is 1.29. The highest BCUT2D eigenvalue weighted by Gasteiger charge is 2.28. The van der Waals surface area contributed by atoms with E-state index in [-0.39, 0.29) is 12.3 Å². The molecule has 3 unspecified atom stereocenters. The summed E-state index contributed by atoms with van der Waals surface area (Å²) >= 11 is 0. The second kappa shape index (κ2) is 7.97. The number of aromatic amines is 1. The molecule has 0 bridgehead atoms. The lowest BCUT2D eigenvalue weighted by atomic mass is 9.98. The van der Waals surface area contributed by atoms with Crippen LogP contribution in [0.4, 0.5) is 5.69 Å². The summed E-state index contributed by atoms with van der Waals surface area (Å²) in [5.41, 5.74) is 6.89. The minimum absolute atomic E-state index is 0.00471. The Morgan fingerprint density at radius 3 is 2.56 bits per heavy atom. The number of nitrogens with one attached hydrogen (secondary N) is 3. The van der Waals surface area contributed by atoms with Gasteiger partial charge in [-0.3, -0.25) is 0 Å². The normalized spacial score (nSPS) is 23.1. The fraction of sp³-hybridized carbons (Fsp3) is 0.143. The first-order valence-corrected chi connectivity index (χ1v) is 11.1. The van der Waals surface area contributed by atoms with Crippen LogP contribution in [0.1, 0.15) is 23.7 Å². The molecule has 3 atom stereocenters. The Bertz CT molecular complexity index is 1230. The first kappa shape index (κ1) is 18.8. The number of rotatable bonds is 4. The van der Waals surface area contributed by atoms with E-state index in [1.807, 2.05) is 12.3 Å². The van der Waals surface area contributed by atoms with Crippen LogP contribution in [0.15, 0.2) is 103 Å². The number of anilines is 1. The van der Waals surface area contributed by atoms with Crippen molar-refractivity contribution in [1.82, 2.24) is 10.3 Å². The fourth-order valence-corrected chi connectivity index (χ4v) is 4.53. The van der Waals surface area contributed by atoms with Crippen molar-refractivity contribution in [2.75, 3.05) is 5.32 Å². The van der Waals surface area contributed by atoms with Gasteiger partial charge in [-0.1, -0.05) is 66.8 Å².